The number of hydrogen-bond donors (Lipinski definition) is 1. The van der Waals surface area contributed by atoms with Crippen molar-refractivity contribution in [1.82, 2.24) is 14.4 Å². The molecule has 1 aliphatic rings. The van der Waals surface area contributed by atoms with Gasteiger partial charge < -0.3 is 9.63 Å². The van der Waals surface area contributed by atoms with Crippen molar-refractivity contribution in [3.8, 4) is 10.7 Å². The van der Waals surface area contributed by atoms with E-state index in [1.807, 2.05) is 6.92 Å². The molecule has 1 N–H and O–H groups in total. The first-order valence-corrected chi connectivity index (χ1v) is 10.2. The minimum atomic E-state index is -3.75. The number of carbonyl (C=O) groups is 1. The summed E-state index contributed by atoms with van der Waals surface area (Å²) in [5.74, 6) is -0.757. The minimum absolute atomic E-state index is 0.00444. The van der Waals surface area contributed by atoms with Gasteiger partial charge in [-0.2, -0.15) is 9.29 Å². The van der Waals surface area contributed by atoms with E-state index in [1.165, 1.54) is 15.6 Å². The normalized spacial score (nSPS) is 19.2. The summed E-state index contributed by atoms with van der Waals surface area (Å²) in [5.41, 5.74) is 0. The lowest BCUT2D eigenvalue weighted by atomic mass is 10.0. The van der Waals surface area contributed by atoms with E-state index in [-0.39, 0.29) is 11.4 Å². The Kier molecular flexibility index (Phi) is 4.94. The van der Waals surface area contributed by atoms with Crippen LogP contribution in [-0.2, 0) is 21.2 Å². The summed E-state index contributed by atoms with van der Waals surface area (Å²) in [6.07, 6.45) is 1.64. The van der Waals surface area contributed by atoms with Crippen LogP contribution in [0, 0.1) is 12.8 Å². The van der Waals surface area contributed by atoms with E-state index in [1.54, 1.807) is 13.0 Å². The molecule has 0 aromatic carbocycles. The minimum Gasteiger partial charge on any atom is -0.481 e. The highest BCUT2D eigenvalue weighted by Crippen LogP contribution is 2.34. The van der Waals surface area contributed by atoms with Gasteiger partial charge in [0.25, 0.3) is 0 Å². The first-order chi connectivity index (χ1) is 11.8. The van der Waals surface area contributed by atoms with Gasteiger partial charge in [-0.05, 0) is 25.8 Å². The van der Waals surface area contributed by atoms with Gasteiger partial charge >= 0.3 is 5.97 Å². The quantitative estimate of drug-likeness (QED) is 0.839. The van der Waals surface area contributed by atoms with Crippen LogP contribution < -0.4 is 0 Å². The molecule has 1 saturated heterocycles. The highest BCUT2D eigenvalue weighted by molar-refractivity contribution is 7.89. The number of thiophene rings is 1. The first-order valence-electron chi connectivity index (χ1n) is 7.99. The van der Waals surface area contributed by atoms with Gasteiger partial charge in [0.15, 0.2) is 0 Å². The van der Waals surface area contributed by atoms with Crippen LogP contribution in [0.25, 0.3) is 10.7 Å². The molecule has 0 unspecified atom stereocenters. The number of carboxylic acids is 1. The molecule has 3 heterocycles. The number of rotatable bonds is 5. The second kappa shape index (κ2) is 6.85. The monoisotopic (exact) mass is 385 g/mol. The van der Waals surface area contributed by atoms with Crippen LogP contribution in [0.4, 0.5) is 0 Å². The Morgan fingerprint density at radius 3 is 2.92 bits per heavy atom. The number of piperidine rings is 1. The van der Waals surface area contributed by atoms with Crippen molar-refractivity contribution in [3.05, 3.63) is 16.8 Å². The van der Waals surface area contributed by atoms with E-state index in [9.17, 15) is 18.3 Å². The van der Waals surface area contributed by atoms with E-state index in [0.717, 1.165) is 0 Å². The molecule has 1 fully saturated rings. The van der Waals surface area contributed by atoms with E-state index in [4.69, 9.17) is 4.52 Å². The molecule has 0 radical (unpaired) electrons. The summed E-state index contributed by atoms with van der Waals surface area (Å²) >= 11 is 1.28. The molecule has 2 aromatic heterocycles. The van der Waals surface area contributed by atoms with E-state index >= 15 is 0 Å². The Balaban J connectivity index is 1.91. The summed E-state index contributed by atoms with van der Waals surface area (Å²) in [7, 11) is -3.75. The van der Waals surface area contributed by atoms with Gasteiger partial charge in [0.2, 0.25) is 21.7 Å². The van der Waals surface area contributed by atoms with E-state index in [2.05, 4.69) is 10.1 Å². The fourth-order valence-electron chi connectivity index (χ4n) is 2.83. The van der Waals surface area contributed by atoms with Gasteiger partial charge in [0.1, 0.15) is 0 Å². The summed E-state index contributed by atoms with van der Waals surface area (Å²) in [5, 5.41) is 13.1. The number of nitrogens with zero attached hydrogens (tertiary/aromatic N) is 3. The summed E-state index contributed by atoms with van der Waals surface area (Å²) in [4.78, 5) is 16.9. The summed E-state index contributed by atoms with van der Waals surface area (Å²) in [6.45, 7) is 3.95. The highest BCUT2D eigenvalue weighted by Gasteiger charge is 2.35. The average molecular weight is 385 g/mol. The van der Waals surface area contributed by atoms with Crippen LogP contribution in [0.3, 0.4) is 0 Å². The molecule has 136 valence electrons. The third-order valence-corrected chi connectivity index (χ3v) is 7.38. The molecular weight excluding hydrogens is 366 g/mol. The first kappa shape index (κ1) is 18.0. The average Bonchev–Trinajstić information content (AvgIpc) is 3.21. The van der Waals surface area contributed by atoms with Crippen LogP contribution in [0.15, 0.2) is 15.5 Å². The number of aliphatic carboxylic acids is 1. The van der Waals surface area contributed by atoms with Gasteiger partial charge in [-0.3, -0.25) is 4.79 Å². The number of aryl methyl sites for hydroxylation is 2. The molecule has 0 bridgehead atoms. The second-order valence-electron chi connectivity index (χ2n) is 5.94. The Morgan fingerprint density at radius 1 is 1.52 bits per heavy atom. The maximum absolute atomic E-state index is 13.0. The second-order valence-corrected chi connectivity index (χ2v) is 9.10. The lowest BCUT2D eigenvalue weighted by Gasteiger charge is -2.29. The predicted octanol–water partition coefficient (Wildman–Crippen LogP) is 2.15. The summed E-state index contributed by atoms with van der Waals surface area (Å²) in [6, 6.07) is 1.55. The molecule has 1 atom stereocenters. The van der Waals surface area contributed by atoms with Crippen LogP contribution in [0.1, 0.15) is 30.5 Å². The van der Waals surface area contributed by atoms with Crippen LogP contribution in [0.5, 0.6) is 0 Å². The zero-order valence-corrected chi connectivity index (χ0v) is 15.6. The molecule has 0 spiro atoms. The third-order valence-electron chi connectivity index (χ3n) is 4.21. The molecule has 8 nitrogen and oxygen atoms in total. The van der Waals surface area contributed by atoms with Crippen molar-refractivity contribution in [2.24, 2.45) is 5.92 Å². The van der Waals surface area contributed by atoms with Gasteiger partial charge in [0.05, 0.1) is 15.7 Å². The van der Waals surface area contributed by atoms with Gasteiger partial charge in [-0.15, -0.1) is 11.3 Å². The zero-order chi connectivity index (χ0) is 18.2. The Hall–Kier alpha value is -1.78. The molecule has 3 rings (SSSR count). The van der Waals surface area contributed by atoms with Crippen molar-refractivity contribution in [2.75, 3.05) is 13.1 Å². The maximum Gasteiger partial charge on any atom is 0.307 e. The van der Waals surface area contributed by atoms with Crippen LogP contribution >= 0.6 is 11.3 Å². The molecule has 0 amide bonds. The number of sulfonamides is 1. The molecule has 0 saturated carbocycles. The van der Waals surface area contributed by atoms with Crippen molar-refractivity contribution in [2.45, 2.75) is 38.0 Å². The fourth-order valence-corrected chi connectivity index (χ4v) is 5.84. The number of hydrogen-bond acceptors (Lipinski definition) is 7. The number of aromatic nitrogens is 2. The highest BCUT2D eigenvalue weighted by atomic mass is 32.2. The zero-order valence-electron chi connectivity index (χ0n) is 13.9. The van der Waals surface area contributed by atoms with Gasteiger partial charge in [0, 0.05) is 24.4 Å². The third kappa shape index (κ3) is 3.46. The predicted molar refractivity (Wildman–Crippen MR) is 90.8 cm³/mol. The van der Waals surface area contributed by atoms with Crippen molar-refractivity contribution in [1.29, 1.82) is 0 Å². The molecule has 25 heavy (non-hydrogen) atoms. The smallest absolute Gasteiger partial charge is 0.307 e. The lowest BCUT2D eigenvalue weighted by molar-refractivity contribution is -0.142. The van der Waals surface area contributed by atoms with Crippen LogP contribution in [0.2, 0.25) is 0 Å². The van der Waals surface area contributed by atoms with Crippen molar-refractivity contribution in [3.63, 3.8) is 0 Å². The fraction of sp³-hybridized carbons (Fsp3) is 0.533. The standard InChI is InChI=1S/C15H19N3O5S2/c1-3-13-16-14(17-23-13)11-7-12(9(2)24-11)25(21,22)18-6-4-5-10(8-18)15(19)20/h7,10H,3-6,8H2,1-2H3,(H,19,20)/t10-/m1/s1. The molecule has 1 aliphatic heterocycles. The Labute approximate surface area is 149 Å². The van der Waals surface area contributed by atoms with E-state index in [0.29, 0.717) is 47.3 Å². The van der Waals surface area contributed by atoms with Gasteiger partial charge in [-0.25, -0.2) is 8.42 Å². The lowest BCUT2D eigenvalue weighted by Crippen LogP contribution is -2.42. The number of carboxylic acid groups (broad SMARTS) is 1. The van der Waals surface area contributed by atoms with Crippen LogP contribution in [-0.4, -0.2) is 47.0 Å². The SMILES string of the molecule is CCc1nc(-c2cc(S(=O)(=O)N3CCC[C@@H](C(=O)O)C3)c(C)s2)no1. The maximum atomic E-state index is 13.0. The molecule has 2 aromatic rings. The van der Waals surface area contributed by atoms with E-state index < -0.39 is 21.9 Å². The molecule has 10 heteroatoms. The molecule has 0 aliphatic carbocycles. The van der Waals surface area contributed by atoms with Crippen molar-refractivity contribution < 1.29 is 22.8 Å². The topological polar surface area (TPSA) is 114 Å². The largest absolute Gasteiger partial charge is 0.481 e. The van der Waals surface area contributed by atoms with Gasteiger partial charge in [-0.1, -0.05) is 12.1 Å². The Bertz CT molecular complexity index is 887. The van der Waals surface area contributed by atoms with Crippen molar-refractivity contribution >= 4 is 27.3 Å². The molecular formula is C15H19N3O5S2. The summed E-state index contributed by atoms with van der Waals surface area (Å²) < 4.78 is 32.3. The Morgan fingerprint density at radius 2 is 2.28 bits per heavy atom.